The van der Waals surface area contributed by atoms with Gasteiger partial charge in [0.05, 0.1) is 34.4 Å². The van der Waals surface area contributed by atoms with Gasteiger partial charge in [0.1, 0.15) is 19.3 Å². The smallest absolute Gasteiger partial charge is 0.306 e. The minimum absolute atomic E-state index is 0.00410. The van der Waals surface area contributed by atoms with Crippen LogP contribution in [0.15, 0.2) is 134 Å². The number of esters is 1. The van der Waals surface area contributed by atoms with Crippen LogP contribution in [0, 0.1) is 0 Å². The molecule has 0 aliphatic rings. The molecule has 2 atom stereocenters. The van der Waals surface area contributed by atoms with E-state index in [0.717, 1.165) is 116 Å². The first-order valence-electron chi connectivity index (χ1n) is 24.9. The number of carbonyl (C=O) groups is 1. The van der Waals surface area contributed by atoms with Gasteiger partial charge in [-0.3, -0.25) is 9.36 Å². The van der Waals surface area contributed by atoms with Gasteiger partial charge in [-0.1, -0.05) is 180 Å². The summed E-state index contributed by atoms with van der Waals surface area (Å²) in [6, 6.07) is 0. The first-order chi connectivity index (χ1) is 31.6. The van der Waals surface area contributed by atoms with E-state index in [4.69, 9.17) is 18.5 Å². The Morgan fingerprint density at radius 3 is 1.26 bits per heavy atom. The van der Waals surface area contributed by atoms with E-state index in [1.165, 1.54) is 19.3 Å². The maximum atomic E-state index is 12.7. The molecule has 0 heterocycles. The topological polar surface area (TPSA) is 94.1 Å². The molecule has 0 saturated carbocycles. The number of phosphoric ester groups is 1. The Hall–Kier alpha value is -3.36. The Morgan fingerprint density at radius 1 is 0.477 bits per heavy atom. The Labute approximate surface area is 398 Å². The summed E-state index contributed by atoms with van der Waals surface area (Å²) in [5, 5.41) is 0. The number of rotatable bonds is 44. The molecule has 0 spiro atoms. The van der Waals surface area contributed by atoms with Crippen LogP contribution >= 0.6 is 7.82 Å². The number of unbranched alkanes of at least 4 members (excludes halogenated alkanes) is 8. The van der Waals surface area contributed by atoms with Crippen molar-refractivity contribution < 1.29 is 37.3 Å². The van der Waals surface area contributed by atoms with E-state index in [0.29, 0.717) is 17.6 Å². The summed E-state index contributed by atoms with van der Waals surface area (Å²) in [4.78, 5) is 25.2. The molecule has 0 amide bonds. The molecular formula is C56H92NO7P. The molecule has 0 bridgehead atoms. The zero-order chi connectivity index (χ0) is 47.6. The number of ether oxygens (including phenoxy) is 2. The Balaban J connectivity index is 4.33. The maximum Gasteiger partial charge on any atom is 0.306 e. The highest BCUT2D eigenvalue weighted by Gasteiger charge is 2.20. The average Bonchev–Trinajstić information content (AvgIpc) is 3.27. The third kappa shape index (κ3) is 51.5. The lowest BCUT2D eigenvalue weighted by Crippen LogP contribution is -2.37. The van der Waals surface area contributed by atoms with Gasteiger partial charge < -0.3 is 27.9 Å². The third-order valence-corrected chi connectivity index (χ3v) is 10.7. The van der Waals surface area contributed by atoms with E-state index in [1.54, 1.807) is 0 Å². The fourth-order valence-corrected chi connectivity index (χ4v) is 6.67. The fraction of sp³-hybridized carbons (Fsp3) is 0.589. The van der Waals surface area contributed by atoms with Crippen LogP contribution in [0.3, 0.4) is 0 Å². The minimum Gasteiger partial charge on any atom is -0.756 e. The average molecular weight is 922 g/mol. The normalized spacial score (nSPS) is 14.7. The van der Waals surface area contributed by atoms with Gasteiger partial charge in [0, 0.05) is 13.0 Å². The molecule has 368 valence electrons. The molecule has 0 saturated heterocycles. The molecule has 0 N–H and O–H groups in total. The molecule has 65 heavy (non-hydrogen) atoms. The molecule has 0 aliphatic carbocycles. The summed E-state index contributed by atoms with van der Waals surface area (Å²) in [5.74, 6) is -0.371. The predicted octanol–water partition coefficient (Wildman–Crippen LogP) is 14.9. The second-order valence-corrected chi connectivity index (χ2v) is 18.5. The largest absolute Gasteiger partial charge is 0.756 e. The van der Waals surface area contributed by atoms with E-state index in [2.05, 4.69) is 148 Å². The van der Waals surface area contributed by atoms with Crippen LogP contribution in [-0.4, -0.2) is 70.7 Å². The van der Waals surface area contributed by atoms with E-state index in [1.807, 2.05) is 21.1 Å². The zero-order valence-electron chi connectivity index (χ0n) is 41.6. The van der Waals surface area contributed by atoms with Gasteiger partial charge in [0.15, 0.2) is 0 Å². The number of quaternary nitrogens is 1. The van der Waals surface area contributed by atoms with Crippen molar-refractivity contribution in [2.24, 2.45) is 0 Å². The van der Waals surface area contributed by atoms with Gasteiger partial charge in [-0.2, -0.15) is 0 Å². The number of hydrogen-bond acceptors (Lipinski definition) is 7. The summed E-state index contributed by atoms with van der Waals surface area (Å²) in [6.07, 6.45) is 69.1. The zero-order valence-corrected chi connectivity index (χ0v) is 42.5. The monoisotopic (exact) mass is 922 g/mol. The second-order valence-electron chi connectivity index (χ2n) is 17.1. The maximum absolute atomic E-state index is 12.7. The van der Waals surface area contributed by atoms with Crippen LogP contribution in [0.4, 0.5) is 0 Å². The summed E-state index contributed by atoms with van der Waals surface area (Å²) in [7, 11) is 1.29. The fourth-order valence-electron chi connectivity index (χ4n) is 5.94. The molecule has 0 rings (SSSR count). The first-order valence-corrected chi connectivity index (χ1v) is 26.4. The van der Waals surface area contributed by atoms with Crippen LogP contribution < -0.4 is 4.89 Å². The highest BCUT2D eigenvalue weighted by molar-refractivity contribution is 7.45. The van der Waals surface area contributed by atoms with Crippen molar-refractivity contribution in [3.8, 4) is 0 Å². The molecule has 0 aromatic carbocycles. The summed E-state index contributed by atoms with van der Waals surface area (Å²) < 4.78 is 34.6. The lowest BCUT2D eigenvalue weighted by Gasteiger charge is -2.28. The van der Waals surface area contributed by atoms with Crippen molar-refractivity contribution in [1.82, 2.24) is 0 Å². The molecule has 9 heteroatoms. The van der Waals surface area contributed by atoms with Crippen LogP contribution in [-0.2, 0) is 27.9 Å². The van der Waals surface area contributed by atoms with Crippen molar-refractivity contribution in [2.45, 2.75) is 161 Å². The quantitative estimate of drug-likeness (QED) is 0.0197. The van der Waals surface area contributed by atoms with Crippen molar-refractivity contribution >= 4 is 13.8 Å². The van der Waals surface area contributed by atoms with Gasteiger partial charge in [-0.25, -0.2) is 0 Å². The summed E-state index contributed by atoms with van der Waals surface area (Å²) >= 11 is 0. The Morgan fingerprint density at radius 2 is 0.846 bits per heavy atom. The Bertz CT molecular complexity index is 1490. The van der Waals surface area contributed by atoms with E-state index in [-0.39, 0.29) is 32.2 Å². The van der Waals surface area contributed by atoms with E-state index in [9.17, 15) is 14.3 Å². The molecule has 0 aromatic rings. The molecular weight excluding hydrogens is 830 g/mol. The highest BCUT2D eigenvalue weighted by atomic mass is 31.2. The van der Waals surface area contributed by atoms with Gasteiger partial charge in [0.2, 0.25) is 0 Å². The van der Waals surface area contributed by atoms with Gasteiger partial charge in [-0.15, -0.1) is 0 Å². The molecule has 2 unspecified atom stereocenters. The van der Waals surface area contributed by atoms with Crippen LogP contribution in [0.25, 0.3) is 0 Å². The number of carbonyl (C=O) groups excluding carboxylic acids is 1. The first kappa shape index (κ1) is 61.6. The number of hydrogen-bond donors (Lipinski definition) is 0. The molecule has 8 nitrogen and oxygen atoms in total. The lowest BCUT2D eigenvalue weighted by atomic mass is 10.1. The van der Waals surface area contributed by atoms with E-state index < -0.39 is 13.9 Å². The summed E-state index contributed by atoms with van der Waals surface area (Å²) in [6.45, 7) is 4.97. The summed E-state index contributed by atoms with van der Waals surface area (Å²) in [5.41, 5.74) is 0. The van der Waals surface area contributed by atoms with Crippen LogP contribution in [0.5, 0.6) is 0 Å². The number of allylic oxidation sites excluding steroid dienone is 22. The lowest BCUT2D eigenvalue weighted by molar-refractivity contribution is -0.870. The van der Waals surface area contributed by atoms with Crippen molar-refractivity contribution in [1.29, 1.82) is 0 Å². The van der Waals surface area contributed by atoms with Crippen LogP contribution in [0.1, 0.15) is 155 Å². The van der Waals surface area contributed by atoms with Crippen LogP contribution in [0.2, 0.25) is 0 Å². The van der Waals surface area contributed by atoms with Gasteiger partial charge in [0.25, 0.3) is 7.82 Å². The number of likely N-dealkylation sites (N-methyl/N-ethyl adjacent to an activating group) is 1. The molecule has 0 fully saturated rings. The number of phosphoric acid groups is 1. The SMILES string of the molecule is CC/C=C\C/C=C\C/C=C\C/C=C\C/C=C\C/C=C\CCCOCC(COP(=O)([O-])OCC[N+](C)(C)C)OC(=O)CCCCCCCCC/C=C\C/C=C\C/C=C\C/C=C\C/C=C\CC. The van der Waals surface area contributed by atoms with Crippen molar-refractivity contribution in [2.75, 3.05) is 54.1 Å². The van der Waals surface area contributed by atoms with Crippen molar-refractivity contribution in [3.05, 3.63) is 134 Å². The molecule has 0 aromatic heterocycles. The van der Waals surface area contributed by atoms with Gasteiger partial charge in [-0.05, 0) is 103 Å². The Kier molecular flexibility index (Phi) is 44.7. The minimum atomic E-state index is -4.56. The highest BCUT2D eigenvalue weighted by Crippen LogP contribution is 2.38. The second kappa shape index (κ2) is 47.1. The third-order valence-electron chi connectivity index (χ3n) is 9.70. The van der Waals surface area contributed by atoms with Gasteiger partial charge >= 0.3 is 5.97 Å². The predicted molar refractivity (Wildman–Crippen MR) is 277 cm³/mol. The molecule has 0 aliphatic heterocycles. The standard InChI is InChI=1S/C56H92NO7P/c1-6-8-10-12-14-16-18-20-22-24-26-28-29-30-31-33-35-37-39-41-43-45-47-49-56(58)64-55(54-63-65(59,60)62-52-50-57(3,4)5)53-61-51-48-46-44-42-40-38-36-34-32-27-25-23-21-19-17-15-13-11-9-7-2/h8-11,14-17,20-23,26-28,30-32,36,38,42,44,55H,6-7,12-13,18-19,24-25,29,33-35,37,39-41,43,45-54H2,1-5H3/b10-8-,11-9-,16-14-,17-15-,22-20-,23-21-,28-26-,31-30-,32-27-,38-36-,44-42-. The van der Waals surface area contributed by atoms with E-state index >= 15 is 0 Å². The number of nitrogens with zero attached hydrogens (tertiary/aromatic N) is 1. The molecule has 0 radical (unpaired) electrons. The van der Waals surface area contributed by atoms with Crippen molar-refractivity contribution in [3.63, 3.8) is 0 Å².